The van der Waals surface area contributed by atoms with Gasteiger partial charge in [-0.2, -0.15) is 0 Å². The molecule has 30 heavy (non-hydrogen) atoms. The fraction of sp³-hybridized carbons (Fsp3) is 0.391. The molecule has 1 atom stereocenters. The molecule has 0 aromatic heterocycles. The van der Waals surface area contributed by atoms with Gasteiger partial charge in [-0.25, -0.2) is 0 Å². The van der Waals surface area contributed by atoms with Crippen LogP contribution in [0.25, 0.3) is 0 Å². The Kier molecular flexibility index (Phi) is 11.9. The zero-order valence-electron chi connectivity index (χ0n) is 18.2. The first-order chi connectivity index (χ1) is 14.1. The van der Waals surface area contributed by atoms with E-state index in [1.54, 1.807) is 14.2 Å². The first-order valence-electron chi connectivity index (χ1n) is 10.0. The number of hydrogen-bond donors (Lipinski definition) is 3. The first-order valence-corrected chi connectivity index (χ1v) is 10.0. The van der Waals surface area contributed by atoms with Crippen LogP contribution in [0.1, 0.15) is 41.3 Å². The topological polar surface area (TPSA) is 74.8 Å². The lowest BCUT2D eigenvalue weighted by Gasteiger charge is -2.16. The molecule has 1 unspecified atom stereocenters. The van der Waals surface area contributed by atoms with Gasteiger partial charge in [-0.05, 0) is 42.7 Å². The maximum absolute atomic E-state index is 11.8. The number of benzene rings is 2. The number of carbonyl (C=O) groups excluding carboxylic acids is 1. The molecule has 0 saturated carbocycles. The summed E-state index contributed by atoms with van der Waals surface area (Å²) in [4.78, 5) is 16.5. The van der Waals surface area contributed by atoms with Crippen LogP contribution < -0.4 is 20.7 Å². The predicted molar refractivity (Wildman–Crippen MR) is 134 cm³/mol. The molecule has 164 valence electrons. The quantitative estimate of drug-likeness (QED) is 0.267. The van der Waals surface area contributed by atoms with Crippen molar-refractivity contribution in [3.8, 4) is 5.75 Å². The normalized spacial score (nSPS) is 11.8. The average Bonchev–Trinajstić information content (AvgIpc) is 2.76. The number of rotatable bonds is 9. The number of halogens is 1. The van der Waals surface area contributed by atoms with Crippen molar-refractivity contribution < 1.29 is 9.53 Å². The van der Waals surface area contributed by atoms with Crippen molar-refractivity contribution in [1.29, 1.82) is 0 Å². The van der Waals surface area contributed by atoms with E-state index in [0.29, 0.717) is 12.1 Å². The Morgan fingerprint density at radius 3 is 2.60 bits per heavy atom. The molecule has 0 heterocycles. The zero-order chi connectivity index (χ0) is 21.1. The van der Waals surface area contributed by atoms with E-state index in [9.17, 15) is 4.79 Å². The van der Waals surface area contributed by atoms with E-state index in [0.717, 1.165) is 42.3 Å². The van der Waals surface area contributed by atoms with E-state index in [4.69, 9.17) is 9.73 Å². The van der Waals surface area contributed by atoms with Crippen LogP contribution in [0.2, 0.25) is 0 Å². The van der Waals surface area contributed by atoms with Crippen molar-refractivity contribution in [1.82, 2.24) is 16.0 Å². The number of nitrogens with zero attached hydrogens (tertiary/aromatic N) is 1. The number of methoxy groups -OCH3 is 1. The Balaban J connectivity index is 0.00000450. The van der Waals surface area contributed by atoms with Crippen LogP contribution in [0.4, 0.5) is 0 Å². The number of aliphatic imine (C=N–C) groups is 1. The summed E-state index contributed by atoms with van der Waals surface area (Å²) in [6.45, 7) is 6.37. The molecule has 0 aliphatic heterocycles. The molecule has 0 radical (unpaired) electrons. The standard InChI is InChI=1S/C23H32N4O2.HI/c1-5-25-23(27-16-17(2)20-11-6-7-12-21(20)29-4)26-14-13-18-9-8-10-19(15-18)22(28)24-3;/h6-12,15,17H,5,13-14,16H2,1-4H3,(H,24,28)(H2,25,26,27);1H. The Morgan fingerprint density at radius 2 is 1.90 bits per heavy atom. The smallest absolute Gasteiger partial charge is 0.251 e. The van der Waals surface area contributed by atoms with Gasteiger partial charge in [0.2, 0.25) is 0 Å². The highest BCUT2D eigenvalue weighted by Gasteiger charge is 2.11. The molecule has 2 aromatic carbocycles. The number of guanidine groups is 1. The van der Waals surface area contributed by atoms with Crippen molar-refractivity contribution >= 4 is 35.8 Å². The Bertz CT molecular complexity index is 826. The predicted octanol–water partition coefficient (Wildman–Crippen LogP) is 3.57. The number of ether oxygens (including phenoxy) is 1. The molecule has 7 heteroatoms. The summed E-state index contributed by atoms with van der Waals surface area (Å²) in [6, 6.07) is 15.7. The summed E-state index contributed by atoms with van der Waals surface area (Å²) in [6.07, 6.45) is 0.803. The first kappa shape index (κ1) is 25.7. The van der Waals surface area contributed by atoms with Crippen molar-refractivity contribution in [2.24, 2.45) is 4.99 Å². The number of hydrogen-bond acceptors (Lipinski definition) is 3. The van der Waals surface area contributed by atoms with Gasteiger partial charge >= 0.3 is 0 Å². The molecule has 1 amide bonds. The van der Waals surface area contributed by atoms with Gasteiger partial charge in [0.15, 0.2) is 5.96 Å². The summed E-state index contributed by atoms with van der Waals surface area (Å²) in [5.41, 5.74) is 2.94. The van der Waals surface area contributed by atoms with E-state index in [-0.39, 0.29) is 35.8 Å². The Morgan fingerprint density at radius 1 is 1.13 bits per heavy atom. The maximum Gasteiger partial charge on any atom is 0.251 e. The van der Waals surface area contributed by atoms with Gasteiger partial charge in [0.1, 0.15) is 5.75 Å². The van der Waals surface area contributed by atoms with E-state index in [2.05, 4.69) is 28.9 Å². The Labute approximate surface area is 196 Å². The molecule has 0 fully saturated rings. The molecule has 0 spiro atoms. The van der Waals surface area contributed by atoms with Gasteiger partial charge < -0.3 is 20.7 Å². The molecule has 2 aromatic rings. The number of amides is 1. The highest BCUT2D eigenvalue weighted by Crippen LogP contribution is 2.26. The fourth-order valence-electron chi connectivity index (χ4n) is 3.08. The monoisotopic (exact) mass is 524 g/mol. The van der Waals surface area contributed by atoms with Crippen LogP contribution >= 0.6 is 24.0 Å². The minimum Gasteiger partial charge on any atom is -0.496 e. The van der Waals surface area contributed by atoms with Crippen LogP contribution in [0.15, 0.2) is 53.5 Å². The molecule has 3 N–H and O–H groups in total. The van der Waals surface area contributed by atoms with Crippen LogP contribution in [0, 0.1) is 0 Å². The van der Waals surface area contributed by atoms with E-state index < -0.39 is 0 Å². The lowest BCUT2D eigenvalue weighted by Crippen LogP contribution is -2.38. The molecule has 0 aliphatic rings. The molecule has 0 aliphatic carbocycles. The van der Waals surface area contributed by atoms with Crippen LogP contribution in [0.3, 0.4) is 0 Å². The van der Waals surface area contributed by atoms with Crippen LogP contribution in [0.5, 0.6) is 5.75 Å². The molecular weight excluding hydrogens is 491 g/mol. The van der Waals surface area contributed by atoms with Crippen molar-refractivity contribution in [2.75, 3.05) is 33.8 Å². The minimum atomic E-state index is -0.0694. The number of carbonyl (C=O) groups is 1. The summed E-state index contributed by atoms with van der Waals surface area (Å²) in [7, 11) is 3.33. The van der Waals surface area contributed by atoms with E-state index in [1.165, 1.54) is 0 Å². The van der Waals surface area contributed by atoms with Gasteiger partial charge in [-0.15, -0.1) is 24.0 Å². The second-order valence-corrected chi connectivity index (χ2v) is 6.82. The average molecular weight is 524 g/mol. The highest BCUT2D eigenvalue weighted by atomic mass is 127. The third-order valence-electron chi connectivity index (χ3n) is 4.66. The third kappa shape index (κ3) is 7.85. The summed E-state index contributed by atoms with van der Waals surface area (Å²) >= 11 is 0. The molecule has 6 nitrogen and oxygen atoms in total. The second-order valence-electron chi connectivity index (χ2n) is 6.82. The molecule has 2 rings (SSSR count). The SMILES string of the molecule is CCNC(=NCC(C)c1ccccc1OC)NCCc1cccc(C(=O)NC)c1.I. The Hall–Kier alpha value is -2.29. The fourth-order valence-corrected chi connectivity index (χ4v) is 3.08. The van der Waals surface area contributed by atoms with Gasteiger partial charge in [0.25, 0.3) is 5.91 Å². The zero-order valence-corrected chi connectivity index (χ0v) is 20.5. The van der Waals surface area contributed by atoms with E-state index in [1.807, 2.05) is 49.4 Å². The number of para-hydroxylation sites is 1. The lowest BCUT2D eigenvalue weighted by molar-refractivity contribution is 0.0963. The van der Waals surface area contributed by atoms with Gasteiger partial charge in [0.05, 0.1) is 7.11 Å². The largest absolute Gasteiger partial charge is 0.496 e. The molecular formula is C23H33IN4O2. The summed E-state index contributed by atoms with van der Waals surface area (Å²) < 4.78 is 5.46. The third-order valence-corrected chi connectivity index (χ3v) is 4.66. The second kappa shape index (κ2) is 13.8. The van der Waals surface area contributed by atoms with Crippen LogP contribution in [-0.4, -0.2) is 45.7 Å². The van der Waals surface area contributed by atoms with Gasteiger partial charge in [-0.3, -0.25) is 9.79 Å². The maximum atomic E-state index is 11.8. The van der Waals surface area contributed by atoms with Crippen molar-refractivity contribution in [3.05, 3.63) is 65.2 Å². The van der Waals surface area contributed by atoms with E-state index >= 15 is 0 Å². The summed E-state index contributed by atoms with van der Waals surface area (Å²) in [5.74, 6) is 1.85. The lowest BCUT2D eigenvalue weighted by atomic mass is 10.0. The minimum absolute atomic E-state index is 0. The molecule has 0 saturated heterocycles. The van der Waals surface area contributed by atoms with Crippen molar-refractivity contribution in [2.45, 2.75) is 26.2 Å². The number of nitrogens with one attached hydrogen (secondary N) is 3. The van der Waals surface area contributed by atoms with Gasteiger partial charge in [0, 0.05) is 38.2 Å². The summed E-state index contributed by atoms with van der Waals surface area (Å²) in [5, 5.41) is 9.32. The highest BCUT2D eigenvalue weighted by molar-refractivity contribution is 14.0. The molecule has 0 bridgehead atoms. The van der Waals surface area contributed by atoms with Crippen LogP contribution in [-0.2, 0) is 6.42 Å². The van der Waals surface area contributed by atoms with Crippen molar-refractivity contribution in [3.63, 3.8) is 0 Å². The van der Waals surface area contributed by atoms with Gasteiger partial charge in [-0.1, -0.05) is 37.3 Å².